The van der Waals surface area contributed by atoms with Crippen molar-refractivity contribution >= 4 is 9.73 Å². The van der Waals surface area contributed by atoms with Gasteiger partial charge in [0.2, 0.25) is 0 Å². The summed E-state index contributed by atoms with van der Waals surface area (Å²) in [5.74, 6) is 0. The van der Waals surface area contributed by atoms with Crippen molar-refractivity contribution in [2.24, 2.45) is 4.36 Å². The maximum atomic E-state index is 13.2. The van der Waals surface area contributed by atoms with Crippen LogP contribution in [0, 0.1) is 0 Å². The SMILES string of the molecule is O=S1(c2ccccc2)=NCC[C@H]1Cc1ccccc1. The topological polar surface area (TPSA) is 29.4 Å². The van der Waals surface area contributed by atoms with Crippen molar-refractivity contribution < 1.29 is 4.21 Å². The summed E-state index contributed by atoms with van der Waals surface area (Å²) in [6.45, 7) is 0.714. The lowest BCUT2D eigenvalue weighted by Gasteiger charge is -2.15. The molecule has 0 spiro atoms. The third kappa shape index (κ3) is 2.43. The first-order chi connectivity index (χ1) is 9.29. The summed E-state index contributed by atoms with van der Waals surface area (Å²) in [7, 11) is -2.25. The molecule has 0 saturated carbocycles. The Kier molecular flexibility index (Phi) is 3.38. The molecule has 0 fully saturated rings. The van der Waals surface area contributed by atoms with Crippen LogP contribution in [0.3, 0.4) is 0 Å². The highest BCUT2D eigenvalue weighted by Gasteiger charge is 2.29. The van der Waals surface area contributed by atoms with E-state index in [-0.39, 0.29) is 5.25 Å². The van der Waals surface area contributed by atoms with E-state index >= 15 is 0 Å². The molecule has 2 nitrogen and oxygen atoms in total. The lowest BCUT2D eigenvalue weighted by Crippen LogP contribution is -2.19. The largest absolute Gasteiger partial charge is 0.244 e. The average Bonchev–Trinajstić information content (AvgIpc) is 2.84. The van der Waals surface area contributed by atoms with Crippen LogP contribution < -0.4 is 0 Å². The maximum Gasteiger partial charge on any atom is 0.0785 e. The van der Waals surface area contributed by atoms with Crippen molar-refractivity contribution in [1.82, 2.24) is 0 Å². The lowest BCUT2D eigenvalue weighted by atomic mass is 10.1. The molecule has 0 aromatic heterocycles. The van der Waals surface area contributed by atoms with Gasteiger partial charge in [-0.15, -0.1) is 0 Å². The van der Waals surface area contributed by atoms with E-state index < -0.39 is 9.73 Å². The first-order valence-corrected chi connectivity index (χ1v) is 8.17. The summed E-state index contributed by atoms with van der Waals surface area (Å²) in [4.78, 5) is 0.883. The highest BCUT2D eigenvalue weighted by molar-refractivity contribution is 7.94. The van der Waals surface area contributed by atoms with Gasteiger partial charge in [-0.2, -0.15) is 0 Å². The predicted molar refractivity (Wildman–Crippen MR) is 78.7 cm³/mol. The second-order valence-corrected chi connectivity index (χ2v) is 7.37. The third-order valence-electron chi connectivity index (χ3n) is 3.57. The van der Waals surface area contributed by atoms with Gasteiger partial charge in [-0.05, 0) is 30.5 Å². The Morgan fingerprint density at radius 2 is 1.63 bits per heavy atom. The third-order valence-corrected chi connectivity index (χ3v) is 6.39. The van der Waals surface area contributed by atoms with E-state index in [0.717, 1.165) is 17.7 Å². The van der Waals surface area contributed by atoms with Crippen LogP contribution in [-0.4, -0.2) is 16.0 Å². The van der Waals surface area contributed by atoms with Gasteiger partial charge in [0.25, 0.3) is 0 Å². The Labute approximate surface area is 114 Å². The van der Waals surface area contributed by atoms with Gasteiger partial charge in [0.05, 0.1) is 15.0 Å². The van der Waals surface area contributed by atoms with E-state index in [1.165, 1.54) is 5.56 Å². The van der Waals surface area contributed by atoms with Crippen LogP contribution in [-0.2, 0) is 16.1 Å². The van der Waals surface area contributed by atoms with Crippen LogP contribution in [0.15, 0.2) is 69.9 Å². The molecule has 98 valence electrons. The van der Waals surface area contributed by atoms with E-state index in [4.69, 9.17) is 0 Å². The minimum atomic E-state index is -2.25. The number of hydrogen-bond acceptors (Lipinski definition) is 2. The minimum Gasteiger partial charge on any atom is -0.244 e. The van der Waals surface area contributed by atoms with Crippen molar-refractivity contribution in [2.45, 2.75) is 23.0 Å². The molecule has 0 radical (unpaired) electrons. The maximum absolute atomic E-state index is 13.2. The molecular weight excluding hydrogens is 254 g/mol. The quantitative estimate of drug-likeness (QED) is 0.839. The van der Waals surface area contributed by atoms with Gasteiger partial charge < -0.3 is 0 Å². The number of nitrogens with zero attached hydrogens (tertiary/aromatic N) is 1. The van der Waals surface area contributed by atoms with E-state index in [1.54, 1.807) is 0 Å². The zero-order valence-corrected chi connectivity index (χ0v) is 11.6. The highest BCUT2D eigenvalue weighted by Crippen LogP contribution is 2.28. The monoisotopic (exact) mass is 271 g/mol. The van der Waals surface area contributed by atoms with Gasteiger partial charge in [0, 0.05) is 11.4 Å². The molecule has 2 aromatic carbocycles. The van der Waals surface area contributed by atoms with Crippen LogP contribution in [0.25, 0.3) is 0 Å². The number of hydrogen-bond donors (Lipinski definition) is 0. The molecule has 1 aliphatic rings. The van der Waals surface area contributed by atoms with Gasteiger partial charge in [-0.1, -0.05) is 48.5 Å². The van der Waals surface area contributed by atoms with E-state index in [0.29, 0.717) is 6.54 Å². The molecule has 1 unspecified atom stereocenters. The summed E-state index contributed by atoms with van der Waals surface area (Å²) in [5.41, 5.74) is 1.24. The normalized spacial score (nSPS) is 26.0. The van der Waals surface area contributed by atoms with Gasteiger partial charge in [0.1, 0.15) is 0 Å². The molecule has 2 atom stereocenters. The Hall–Kier alpha value is -1.61. The van der Waals surface area contributed by atoms with E-state index in [2.05, 4.69) is 16.5 Å². The minimum absolute atomic E-state index is 0.136. The van der Waals surface area contributed by atoms with Crippen LogP contribution in [0.5, 0.6) is 0 Å². The van der Waals surface area contributed by atoms with Gasteiger partial charge >= 0.3 is 0 Å². The second-order valence-electron chi connectivity index (χ2n) is 4.83. The Morgan fingerprint density at radius 3 is 2.32 bits per heavy atom. The number of rotatable bonds is 3. The highest BCUT2D eigenvalue weighted by atomic mass is 32.2. The van der Waals surface area contributed by atoms with Crippen LogP contribution >= 0.6 is 0 Å². The summed E-state index contributed by atoms with van der Waals surface area (Å²) in [6.07, 6.45) is 1.76. The van der Waals surface area contributed by atoms with Crippen LogP contribution in [0.4, 0.5) is 0 Å². The van der Waals surface area contributed by atoms with Crippen molar-refractivity contribution in [3.63, 3.8) is 0 Å². The van der Waals surface area contributed by atoms with Gasteiger partial charge in [-0.3, -0.25) is 0 Å². The summed E-state index contributed by atoms with van der Waals surface area (Å²) < 4.78 is 17.6. The molecular formula is C16H17NOS. The summed E-state index contributed by atoms with van der Waals surface area (Å²) in [5, 5.41) is 0.136. The molecule has 1 aliphatic heterocycles. The van der Waals surface area contributed by atoms with Gasteiger partial charge in [0.15, 0.2) is 0 Å². The molecule has 19 heavy (non-hydrogen) atoms. The lowest BCUT2D eigenvalue weighted by molar-refractivity contribution is 0.663. The standard InChI is InChI=1S/C16H17NOS/c18-19(15-9-5-2-6-10-15)16(11-12-17-19)13-14-7-3-1-4-8-14/h1-10,16H,11-13H2/t16-,19?/m0/s1. The van der Waals surface area contributed by atoms with E-state index in [1.807, 2.05) is 48.5 Å². The Balaban J connectivity index is 1.92. The summed E-state index contributed by atoms with van der Waals surface area (Å²) >= 11 is 0. The first kappa shape index (κ1) is 12.4. The van der Waals surface area contributed by atoms with Crippen molar-refractivity contribution in [2.75, 3.05) is 6.54 Å². The molecule has 0 N–H and O–H groups in total. The molecule has 0 bridgehead atoms. The van der Waals surface area contributed by atoms with Crippen molar-refractivity contribution in [3.05, 3.63) is 66.2 Å². The van der Waals surface area contributed by atoms with Crippen molar-refractivity contribution in [3.8, 4) is 0 Å². The fourth-order valence-corrected chi connectivity index (χ4v) is 5.08. The zero-order valence-electron chi connectivity index (χ0n) is 10.7. The Morgan fingerprint density at radius 1 is 1.00 bits per heavy atom. The predicted octanol–water partition coefficient (Wildman–Crippen LogP) is 3.53. The average molecular weight is 271 g/mol. The van der Waals surface area contributed by atoms with E-state index in [9.17, 15) is 4.21 Å². The molecule has 0 amide bonds. The Bertz CT molecular complexity index is 658. The van der Waals surface area contributed by atoms with Gasteiger partial charge in [-0.25, -0.2) is 8.57 Å². The first-order valence-electron chi connectivity index (χ1n) is 6.60. The molecule has 3 rings (SSSR count). The fourth-order valence-electron chi connectivity index (χ4n) is 2.57. The summed E-state index contributed by atoms with van der Waals surface area (Å²) in [6, 6.07) is 20.0. The molecule has 0 saturated heterocycles. The molecule has 3 heteroatoms. The van der Waals surface area contributed by atoms with Crippen LogP contribution in [0.1, 0.15) is 12.0 Å². The molecule has 1 heterocycles. The smallest absolute Gasteiger partial charge is 0.0785 e. The zero-order chi connectivity index (χ0) is 13.1. The van der Waals surface area contributed by atoms with Crippen molar-refractivity contribution in [1.29, 1.82) is 0 Å². The number of benzene rings is 2. The molecule has 2 aromatic rings. The van der Waals surface area contributed by atoms with Crippen LogP contribution in [0.2, 0.25) is 0 Å². The second kappa shape index (κ2) is 5.17. The molecule has 0 aliphatic carbocycles. The fraction of sp³-hybridized carbons (Fsp3) is 0.250.